The second-order valence-corrected chi connectivity index (χ2v) is 6.34. The number of hydrogen-bond acceptors (Lipinski definition) is 5. The molecule has 0 aliphatic carbocycles. The quantitative estimate of drug-likeness (QED) is 0.712. The van der Waals surface area contributed by atoms with E-state index in [1.165, 1.54) is 0 Å². The molecule has 26 heavy (non-hydrogen) atoms. The summed E-state index contributed by atoms with van der Waals surface area (Å²) in [5.74, 6) is 1.84. The number of nitrogens with one attached hydrogen (secondary N) is 1. The topological polar surface area (TPSA) is 77.3 Å². The standard InChI is InChI=1S/C20H21N3O3/c1-13(2)12-18(24)21-17-7-5-4-6-16(17)20-22-19(23-26-20)14-8-10-15(25-3)11-9-14/h4-11,13H,12H2,1-3H3,(H,21,24). The average molecular weight is 351 g/mol. The zero-order chi connectivity index (χ0) is 18.5. The van der Waals surface area contributed by atoms with Gasteiger partial charge in [-0.1, -0.05) is 31.1 Å². The Morgan fingerprint density at radius 3 is 2.58 bits per heavy atom. The molecule has 0 saturated carbocycles. The summed E-state index contributed by atoms with van der Waals surface area (Å²) in [4.78, 5) is 16.6. The van der Waals surface area contributed by atoms with Gasteiger partial charge in [-0.2, -0.15) is 4.98 Å². The number of nitrogens with zero attached hydrogens (tertiary/aromatic N) is 2. The summed E-state index contributed by atoms with van der Waals surface area (Å²) < 4.78 is 10.6. The van der Waals surface area contributed by atoms with Crippen LogP contribution in [0.15, 0.2) is 53.1 Å². The molecule has 0 fully saturated rings. The number of carbonyl (C=O) groups excluding carboxylic acids is 1. The van der Waals surface area contributed by atoms with E-state index in [-0.39, 0.29) is 11.8 Å². The number of rotatable bonds is 6. The summed E-state index contributed by atoms with van der Waals surface area (Å²) in [6.45, 7) is 4.01. The lowest BCUT2D eigenvalue weighted by molar-refractivity contribution is -0.116. The highest BCUT2D eigenvalue weighted by Crippen LogP contribution is 2.29. The van der Waals surface area contributed by atoms with Crippen LogP contribution in [-0.2, 0) is 4.79 Å². The number of benzene rings is 2. The van der Waals surface area contributed by atoms with Crippen LogP contribution in [0.2, 0.25) is 0 Å². The molecule has 1 aromatic heterocycles. The molecule has 1 N–H and O–H groups in total. The van der Waals surface area contributed by atoms with Gasteiger partial charge in [-0.15, -0.1) is 0 Å². The second-order valence-electron chi connectivity index (χ2n) is 6.34. The fraction of sp³-hybridized carbons (Fsp3) is 0.250. The number of methoxy groups -OCH3 is 1. The molecule has 0 unspecified atom stereocenters. The van der Waals surface area contributed by atoms with Gasteiger partial charge < -0.3 is 14.6 Å². The lowest BCUT2D eigenvalue weighted by Crippen LogP contribution is -2.14. The summed E-state index contributed by atoms with van der Waals surface area (Å²) in [5.41, 5.74) is 2.17. The van der Waals surface area contributed by atoms with E-state index in [2.05, 4.69) is 15.5 Å². The lowest BCUT2D eigenvalue weighted by atomic mass is 10.1. The van der Waals surface area contributed by atoms with Crippen molar-refractivity contribution in [2.24, 2.45) is 5.92 Å². The maximum atomic E-state index is 12.1. The Morgan fingerprint density at radius 2 is 1.88 bits per heavy atom. The molecule has 6 heteroatoms. The molecule has 3 aromatic rings. The van der Waals surface area contributed by atoms with Gasteiger partial charge in [0.2, 0.25) is 11.7 Å². The van der Waals surface area contributed by atoms with Gasteiger partial charge in [0.05, 0.1) is 18.4 Å². The van der Waals surface area contributed by atoms with E-state index < -0.39 is 0 Å². The van der Waals surface area contributed by atoms with Gasteiger partial charge in [-0.05, 0) is 42.3 Å². The monoisotopic (exact) mass is 351 g/mol. The van der Waals surface area contributed by atoms with Crippen molar-refractivity contribution in [2.45, 2.75) is 20.3 Å². The van der Waals surface area contributed by atoms with E-state index in [1.807, 2.05) is 62.4 Å². The summed E-state index contributed by atoms with van der Waals surface area (Å²) in [5, 5.41) is 6.97. The summed E-state index contributed by atoms with van der Waals surface area (Å²) >= 11 is 0. The number of carbonyl (C=O) groups is 1. The molecular weight excluding hydrogens is 330 g/mol. The predicted molar refractivity (Wildman–Crippen MR) is 99.8 cm³/mol. The van der Waals surface area contributed by atoms with E-state index in [0.717, 1.165) is 11.3 Å². The van der Waals surface area contributed by atoms with E-state index >= 15 is 0 Å². The molecule has 1 amide bonds. The third-order valence-electron chi connectivity index (χ3n) is 3.80. The van der Waals surface area contributed by atoms with Gasteiger partial charge >= 0.3 is 0 Å². The Hall–Kier alpha value is -3.15. The van der Waals surface area contributed by atoms with E-state index in [9.17, 15) is 4.79 Å². The van der Waals surface area contributed by atoms with Crippen molar-refractivity contribution in [3.63, 3.8) is 0 Å². The van der Waals surface area contributed by atoms with Crippen LogP contribution in [0.3, 0.4) is 0 Å². The first-order valence-electron chi connectivity index (χ1n) is 8.44. The lowest BCUT2D eigenvalue weighted by Gasteiger charge is -2.09. The van der Waals surface area contributed by atoms with Gasteiger partial charge in [-0.3, -0.25) is 4.79 Å². The van der Waals surface area contributed by atoms with Gasteiger partial charge in [0, 0.05) is 12.0 Å². The molecule has 0 bridgehead atoms. The van der Waals surface area contributed by atoms with Crippen LogP contribution in [0.1, 0.15) is 20.3 Å². The Kier molecular flexibility index (Phi) is 5.31. The molecule has 0 saturated heterocycles. The van der Waals surface area contributed by atoms with Gasteiger partial charge in [0.25, 0.3) is 5.89 Å². The van der Waals surface area contributed by atoms with E-state index in [4.69, 9.17) is 9.26 Å². The maximum absolute atomic E-state index is 12.1. The van der Waals surface area contributed by atoms with Crippen LogP contribution in [0.5, 0.6) is 5.75 Å². The van der Waals surface area contributed by atoms with Gasteiger partial charge in [-0.25, -0.2) is 0 Å². The van der Waals surface area contributed by atoms with Crippen molar-refractivity contribution in [2.75, 3.05) is 12.4 Å². The third-order valence-corrected chi connectivity index (χ3v) is 3.80. The van der Waals surface area contributed by atoms with Crippen LogP contribution >= 0.6 is 0 Å². The first-order chi connectivity index (χ1) is 12.6. The highest BCUT2D eigenvalue weighted by molar-refractivity contribution is 5.94. The number of aromatic nitrogens is 2. The minimum atomic E-state index is -0.0395. The minimum absolute atomic E-state index is 0.0395. The summed E-state index contributed by atoms with van der Waals surface area (Å²) in [6, 6.07) is 14.8. The third kappa shape index (κ3) is 4.08. The van der Waals surface area contributed by atoms with E-state index in [1.54, 1.807) is 7.11 Å². The number of anilines is 1. The fourth-order valence-corrected chi connectivity index (χ4v) is 2.54. The largest absolute Gasteiger partial charge is 0.497 e. The molecule has 0 aliphatic heterocycles. The molecule has 0 aliphatic rings. The first kappa shape index (κ1) is 17.7. The van der Waals surface area contributed by atoms with Gasteiger partial charge in [0.1, 0.15) is 5.75 Å². The Morgan fingerprint density at radius 1 is 1.15 bits per heavy atom. The molecule has 0 spiro atoms. The van der Waals surface area contributed by atoms with Crippen LogP contribution < -0.4 is 10.1 Å². The molecule has 2 aromatic carbocycles. The van der Waals surface area contributed by atoms with Gasteiger partial charge in [0.15, 0.2) is 0 Å². The summed E-state index contributed by atoms with van der Waals surface area (Å²) in [7, 11) is 1.62. The first-order valence-corrected chi connectivity index (χ1v) is 8.44. The summed E-state index contributed by atoms with van der Waals surface area (Å²) in [6.07, 6.45) is 0.454. The number of para-hydroxylation sites is 1. The molecule has 1 heterocycles. The Bertz CT molecular complexity index is 885. The highest BCUT2D eigenvalue weighted by atomic mass is 16.5. The van der Waals surface area contributed by atoms with Crippen molar-refractivity contribution in [1.29, 1.82) is 0 Å². The van der Waals surface area contributed by atoms with Crippen LogP contribution in [0.25, 0.3) is 22.8 Å². The van der Waals surface area contributed by atoms with E-state index in [0.29, 0.717) is 29.4 Å². The van der Waals surface area contributed by atoms with Crippen molar-refractivity contribution in [3.8, 4) is 28.6 Å². The van der Waals surface area contributed by atoms with Crippen molar-refractivity contribution < 1.29 is 14.1 Å². The normalized spacial score (nSPS) is 10.8. The van der Waals surface area contributed by atoms with Crippen LogP contribution in [0.4, 0.5) is 5.69 Å². The Balaban J connectivity index is 1.86. The Labute approximate surface area is 152 Å². The smallest absolute Gasteiger partial charge is 0.260 e. The van der Waals surface area contributed by atoms with Crippen LogP contribution in [0, 0.1) is 5.92 Å². The average Bonchev–Trinajstić information content (AvgIpc) is 3.11. The molecular formula is C20H21N3O3. The molecule has 0 atom stereocenters. The highest BCUT2D eigenvalue weighted by Gasteiger charge is 2.15. The molecule has 0 radical (unpaired) electrons. The number of amides is 1. The maximum Gasteiger partial charge on any atom is 0.260 e. The number of ether oxygens (including phenoxy) is 1. The minimum Gasteiger partial charge on any atom is -0.497 e. The fourth-order valence-electron chi connectivity index (χ4n) is 2.54. The molecule has 3 rings (SSSR count). The van der Waals surface area contributed by atoms with Crippen molar-refractivity contribution in [1.82, 2.24) is 10.1 Å². The zero-order valence-electron chi connectivity index (χ0n) is 15.0. The van der Waals surface area contributed by atoms with Crippen molar-refractivity contribution in [3.05, 3.63) is 48.5 Å². The van der Waals surface area contributed by atoms with Crippen molar-refractivity contribution >= 4 is 11.6 Å². The predicted octanol–water partition coefficient (Wildman–Crippen LogP) is 4.40. The molecule has 6 nitrogen and oxygen atoms in total. The molecule has 134 valence electrons. The number of hydrogen-bond donors (Lipinski definition) is 1. The van der Waals surface area contributed by atoms with Crippen LogP contribution in [-0.4, -0.2) is 23.2 Å². The zero-order valence-corrected chi connectivity index (χ0v) is 15.0. The SMILES string of the molecule is COc1ccc(-c2noc(-c3ccccc3NC(=O)CC(C)C)n2)cc1. The second kappa shape index (κ2) is 7.82.